The highest BCUT2D eigenvalue weighted by Crippen LogP contribution is 2.12. The molecule has 274 valence electrons. The van der Waals surface area contributed by atoms with Crippen LogP contribution in [0.4, 0.5) is 5.69 Å². The van der Waals surface area contributed by atoms with E-state index in [4.69, 9.17) is 57.8 Å². The van der Waals surface area contributed by atoms with Crippen LogP contribution in [-0.2, 0) is 52.2 Å². The molecule has 13 heteroatoms. The predicted octanol–water partition coefficient (Wildman–Crippen LogP) is 3.70. The number of nitrogen functional groups attached to an aromatic ring is 1. The van der Waals surface area contributed by atoms with Crippen molar-refractivity contribution in [2.75, 3.05) is 138 Å². The summed E-state index contributed by atoms with van der Waals surface area (Å²) in [5.74, 6) is 0.622. The second kappa shape index (κ2) is 35.2. The van der Waals surface area contributed by atoms with Crippen molar-refractivity contribution in [3.8, 4) is 5.75 Å². The molecule has 2 N–H and O–H groups in total. The number of anilines is 1. The summed E-state index contributed by atoms with van der Waals surface area (Å²) >= 11 is 0. The van der Waals surface area contributed by atoms with Crippen molar-refractivity contribution < 1.29 is 56.9 Å². The number of ether oxygens (including phenoxy) is 11. The van der Waals surface area contributed by atoms with Crippen molar-refractivity contribution in [3.63, 3.8) is 0 Å². The van der Waals surface area contributed by atoms with Gasteiger partial charge in [-0.2, -0.15) is 0 Å². The van der Waals surface area contributed by atoms with Crippen LogP contribution in [0.5, 0.6) is 5.75 Å². The average Bonchev–Trinajstić information content (AvgIpc) is 3.08. The molecule has 0 aromatic heterocycles. The number of carbonyl (C=O) groups excluding carboxylic acids is 1. The first-order valence-corrected chi connectivity index (χ1v) is 17.1. The van der Waals surface area contributed by atoms with Crippen molar-refractivity contribution in [3.05, 3.63) is 24.3 Å². The van der Waals surface area contributed by atoms with Gasteiger partial charge in [-0.1, -0.05) is 32.6 Å². The van der Waals surface area contributed by atoms with Crippen molar-refractivity contribution in [1.82, 2.24) is 0 Å². The topological polar surface area (TPSA) is 145 Å². The molecule has 0 bridgehead atoms. The van der Waals surface area contributed by atoms with E-state index in [0.717, 1.165) is 18.6 Å². The van der Waals surface area contributed by atoms with Gasteiger partial charge in [-0.15, -0.1) is 0 Å². The van der Waals surface area contributed by atoms with Gasteiger partial charge in [0.25, 0.3) is 0 Å². The second-order valence-corrected chi connectivity index (χ2v) is 10.3. The maximum atomic E-state index is 11.6. The molecule has 0 aliphatic heterocycles. The smallest absolute Gasteiger partial charge is 0.305 e. The quantitative estimate of drug-likeness (QED) is 0.0622. The minimum Gasteiger partial charge on any atom is -0.491 e. The molecule has 47 heavy (non-hydrogen) atoms. The monoisotopic (exact) mass is 675 g/mol. The third kappa shape index (κ3) is 32.3. The standard InChI is InChI=1S/C34H61NO12/c1-2-3-4-5-6-7-34(36)47-31-29-45-27-25-43-23-21-41-19-17-39-15-13-37-12-14-38-16-18-40-20-22-42-24-26-44-28-30-46-33-10-8-32(35)9-11-33/h8-11H,2-7,12-31,35H2,1H3. The number of benzene rings is 1. The molecule has 0 fully saturated rings. The van der Waals surface area contributed by atoms with E-state index in [-0.39, 0.29) is 12.6 Å². The van der Waals surface area contributed by atoms with E-state index in [0.29, 0.717) is 138 Å². The maximum Gasteiger partial charge on any atom is 0.305 e. The highest BCUT2D eigenvalue weighted by atomic mass is 16.6. The Morgan fingerprint density at radius 2 is 0.809 bits per heavy atom. The first-order chi connectivity index (χ1) is 23.2. The van der Waals surface area contributed by atoms with Gasteiger partial charge in [0.05, 0.1) is 119 Å². The molecule has 13 nitrogen and oxygen atoms in total. The highest BCUT2D eigenvalue weighted by molar-refractivity contribution is 5.69. The van der Waals surface area contributed by atoms with Gasteiger partial charge < -0.3 is 57.8 Å². The van der Waals surface area contributed by atoms with Gasteiger partial charge in [-0.25, -0.2) is 0 Å². The van der Waals surface area contributed by atoms with Crippen molar-refractivity contribution in [1.29, 1.82) is 0 Å². The fourth-order valence-corrected chi connectivity index (χ4v) is 3.80. The average molecular weight is 676 g/mol. The SMILES string of the molecule is CCCCCCCC(=O)OCCOCCOCCOCCOCCOCCOCCOCCOCCOCCOc1ccc(N)cc1. The minimum atomic E-state index is -0.148. The molecule has 0 atom stereocenters. The molecule has 0 radical (unpaired) electrons. The van der Waals surface area contributed by atoms with Gasteiger partial charge in [0, 0.05) is 12.1 Å². The van der Waals surface area contributed by atoms with Crippen LogP contribution in [0.2, 0.25) is 0 Å². The van der Waals surface area contributed by atoms with Crippen LogP contribution in [0, 0.1) is 0 Å². The summed E-state index contributed by atoms with van der Waals surface area (Å²) in [7, 11) is 0. The molecular weight excluding hydrogens is 614 g/mol. The fraction of sp³-hybridized carbons (Fsp3) is 0.794. The number of unbranched alkanes of at least 4 members (excludes halogenated alkanes) is 4. The van der Waals surface area contributed by atoms with Gasteiger partial charge in [0.1, 0.15) is 19.0 Å². The van der Waals surface area contributed by atoms with E-state index in [1.807, 2.05) is 12.1 Å². The zero-order chi connectivity index (χ0) is 33.7. The number of hydrogen-bond acceptors (Lipinski definition) is 13. The third-order valence-electron chi connectivity index (χ3n) is 6.33. The summed E-state index contributed by atoms with van der Waals surface area (Å²) in [6.07, 6.45) is 6.07. The first kappa shape index (κ1) is 43.0. The van der Waals surface area contributed by atoms with Crippen LogP contribution >= 0.6 is 0 Å². The lowest BCUT2D eigenvalue weighted by atomic mass is 10.1. The molecular formula is C34H61NO12. The number of nitrogens with two attached hydrogens (primary N) is 1. The molecule has 0 unspecified atom stereocenters. The van der Waals surface area contributed by atoms with Crippen molar-refractivity contribution in [2.45, 2.75) is 45.4 Å². The summed E-state index contributed by atoms with van der Waals surface area (Å²) in [4.78, 5) is 11.6. The maximum absolute atomic E-state index is 11.6. The van der Waals surface area contributed by atoms with E-state index < -0.39 is 0 Å². The summed E-state index contributed by atoms with van der Waals surface area (Å²) in [5.41, 5.74) is 6.35. The van der Waals surface area contributed by atoms with Crippen LogP contribution in [0.15, 0.2) is 24.3 Å². The Morgan fingerprint density at radius 3 is 1.19 bits per heavy atom. The van der Waals surface area contributed by atoms with Crippen molar-refractivity contribution >= 4 is 11.7 Å². The van der Waals surface area contributed by atoms with E-state index >= 15 is 0 Å². The molecule has 1 rings (SSSR count). The normalized spacial score (nSPS) is 11.3. The molecule has 0 saturated carbocycles. The van der Waals surface area contributed by atoms with Gasteiger partial charge >= 0.3 is 5.97 Å². The van der Waals surface area contributed by atoms with Crippen molar-refractivity contribution in [2.24, 2.45) is 0 Å². The molecule has 0 saturated heterocycles. The number of rotatable bonds is 37. The zero-order valence-electron chi connectivity index (χ0n) is 28.7. The van der Waals surface area contributed by atoms with Crippen LogP contribution in [0.3, 0.4) is 0 Å². The lowest BCUT2D eigenvalue weighted by molar-refractivity contribution is -0.145. The van der Waals surface area contributed by atoms with Gasteiger partial charge in [-0.3, -0.25) is 4.79 Å². The second-order valence-electron chi connectivity index (χ2n) is 10.3. The molecule has 0 aliphatic rings. The first-order valence-electron chi connectivity index (χ1n) is 17.1. The molecule has 0 aliphatic carbocycles. The molecule has 1 aromatic carbocycles. The Kier molecular flexibility index (Phi) is 32.2. The van der Waals surface area contributed by atoms with Gasteiger partial charge in [-0.05, 0) is 30.7 Å². The van der Waals surface area contributed by atoms with E-state index in [1.54, 1.807) is 12.1 Å². The van der Waals surface area contributed by atoms with Gasteiger partial charge in [0.2, 0.25) is 0 Å². The predicted molar refractivity (Wildman–Crippen MR) is 178 cm³/mol. The Labute approximate surface area is 281 Å². The zero-order valence-corrected chi connectivity index (χ0v) is 28.7. The van der Waals surface area contributed by atoms with E-state index in [1.165, 1.54) is 19.3 Å². The Morgan fingerprint density at radius 1 is 0.468 bits per heavy atom. The Hall–Kier alpha value is -2.07. The molecule has 0 heterocycles. The summed E-state index contributed by atoms with van der Waals surface area (Å²) in [6.45, 7) is 11.7. The minimum absolute atomic E-state index is 0.148. The van der Waals surface area contributed by atoms with Crippen LogP contribution in [0.1, 0.15) is 45.4 Å². The molecule has 0 amide bonds. The summed E-state index contributed by atoms with van der Waals surface area (Å²) < 4.78 is 59.9. The largest absolute Gasteiger partial charge is 0.491 e. The van der Waals surface area contributed by atoms with Crippen LogP contribution in [-0.4, -0.2) is 138 Å². The highest BCUT2D eigenvalue weighted by Gasteiger charge is 2.02. The lowest BCUT2D eigenvalue weighted by Gasteiger charge is -2.09. The van der Waals surface area contributed by atoms with Crippen LogP contribution < -0.4 is 10.5 Å². The van der Waals surface area contributed by atoms with E-state index in [9.17, 15) is 4.79 Å². The van der Waals surface area contributed by atoms with E-state index in [2.05, 4.69) is 6.92 Å². The molecule has 1 aromatic rings. The Balaban J connectivity index is 1.64. The lowest BCUT2D eigenvalue weighted by Crippen LogP contribution is -2.15. The fourth-order valence-electron chi connectivity index (χ4n) is 3.80. The van der Waals surface area contributed by atoms with Crippen LogP contribution in [0.25, 0.3) is 0 Å². The van der Waals surface area contributed by atoms with Gasteiger partial charge in [0.15, 0.2) is 0 Å². The number of hydrogen-bond donors (Lipinski definition) is 1. The third-order valence-corrected chi connectivity index (χ3v) is 6.33. The summed E-state index contributed by atoms with van der Waals surface area (Å²) in [5, 5.41) is 0. The Bertz CT molecular complexity index is 787. The molecule has 0 spiro atoms. The number of carbonyl (C=O) groups is 1. The summed E-state index contributed by atoms with van der Waals surface area (Å²) in [6, 6.07) is 7.26. The number of esters is 1.